The molecule has 0 aromatic carbocycles. The number of carbonyl (C=O) groups is 1. The molecule has 4 heteroatoms. The van der Waals surface area contributed by atoms with Crippen LogP contribution in [0.2, 0.25) is 0 Å². The van der Waals surface area contributed by atoms with Crippen LogP contribution in [0.4, 0.5) is 0 Å². The molecule has 20 heavy (non-hydrogen) atoms. The Labute approximate surface area is 120 Å². The average molecular weight is 276 g/mol. The Hall–Kier alpha value is -0.900. The second-order valence-electron chi connectivity index (χ2n) is 7.02. The predicted octanol–water partition coefficient (Wildman–Crippen LogP) is 2.87. The lowest BCUT2D eigenvalue weighted by molar-refractivity contribution is -0.139. The summed E-state index contributed by atoms with van der Waals surface area (Å²) in [6, 6.07) is 0.284. The van der Waals surface area contributed by atoms with Gasteiger partial charge in [-0.05, 0) is 44.4 Å². The van der Waals surface area contributed by atoms with Gasteiger partial charge in [-0.3, -0.25) is 4.79 Å². The molecule has 1 saturated heterocycles. The van der Waals surface area contributed by atoms with E-state index in [1.807, 2.05) is 5.01 Å². The van der Waals surface area contributed by atoms with Crippen LogP contribution in [0.5, 0.6) is 0 Å². The number of carbonyl (C=O) groups excluding carboxylic acids is 1. The van der Waals surface area contributed by atoms with Gasteiger partial charge in [-0.15, -0.1) is 0 Å². The smallest absolute Gasteiger partial charge is 0.248 e. The van der Waals surface area contributed by atoms with Crippen LogP contribution in [0.1, 0.15) is 64.2 Å². The summed E-state index contributed by atoms with van der Waals surface area (Å²) in [6.45, 7) is 0.794. The number of amides is 1. The molecule has 1 spiro atoms. The van der Waals surface area contributed by atoms with Gasteiger partial charge in [0.2, 0.25) is 5.91 Å². The molecular formula is C16H24N2O2. The number of ether oxygens (including phenoxy) is 1. The molecule has 0 aromatic heterocycles. The maximum atomic E-state index is 12.3. The quantitative estimate of drug-likeness (QED) is 0.778. The molecule has 1 unspecified atom stereocenters. The Morgan fingerprint density at radius 3 is 2.65 bits per heavy atom. The molecule has 3 fully saturated rings. The van der Waals surface area contributed by atoms with Crippen molar-refractivity contribution in [3.8, 4) is 0 Å². The number of hydrazone groups is 1. The SMILES string of the molecule is O=C1CC(C2CCC2)=NN1C1CCOC2(CCCC2)C1. The molecule has 1 amide bonds. The van der Waals surface area contributed by atoms with E-state index in [9.17, 15) is 4.79 Å². The van der Waals surface area contributed by atoms with Crippen LogP contribution in [0, 0.1) is 5.92 Å². The van der Waals surface area contributed by atoms with E-state index in [2.05, 4.69) is 0 Å². The Kier molecular flexibility index (Phi) is 3.09. The molecule has 0 bridgehead atoms. The van der Waals surface area contributed by atoms with E-state index in [0.29, 0.717) is 12.3 Å². The molecule has 0 radical (unpaired) electrons. The van der Waals surface area contributed by atoms with E-state index in [-0.39, 0.29) is 17.6 Å². The molecule has 4 rings (SSSR count). The van der Waals surface area contributed by atoms with Crippen LogP contribution < -0.4 is 0 Å². The summed E-state index contributed by atoms with van der Waals surface area (Å²) in [6.07, 6.45) is 11.2. The van der Waals surface area contributed by atoms with Gasteiger partial charge >= 0.3 is 0 Å². The van der Waals surface area contributed by atoms with Gasteiger partial charge in [0.25, 0.3) is 0 Å². The van der Waals surface area contributed by atoms with Gasteiger partial charge < -0.3 is 4.74 Å². The fourth-order valence-corrected chi connectivity index (χ4v) is 4.30. The third-order valence-corrected chi connectivity index (χ3v) is 5.73. The summed E-state index contributed by atoms with van der Waals surface area (Å²) < 4.78 is 6.07. The summed E-state index contributed by atoms with van der Waals surface area (Å²) in [5, 5.41) is 6.54. The zero-order chi connectivity index (χ0) is 13.6. The zero-order valence-electron chi connectivity index (χ0n) is 12.1. The molecule has 0 aromatic rings. The minimum Gasteiger partial charge on any atom is -0.375 e. The normalized spacial score (nSPS) is 33.6. The van der Waals surface area contributed by atoms with Crippen molar-refractivity contribution in [1.82, 2.24) is 5.01 Å². The Balaban J connectivity index is 1.48. The van der Waals surface area contributed by atoms with Crippen LogP contribution in [-0.4, -0.2) is 34.9 Å². The van der Waals surface area contributed by atoms with Crippen molar-refractivity contribution in [2.45, 2.75) is 75.9 Å². The van der Waals surface area contributed by atoms with Crippen LogP contribution in [0.25, 0.3) is 0 Å². The minimum absolute atomic E-state index is 0.0674. The van der Waals surface area contributed by atoms with Crippen LogP contribution in [-0.2, 0) is 9.53 Å². The number of hydrogen-bond acceptors (Lipinski definition) is 3. The lowest BCUT2D eigenvalue weighted by atomic mass is 9.81. The van der Waals surface area contributed by atoms with Gasteiger partial charge in [0.15, 0.2) is 0 Å². The summed E-state index contributed by atoms with van der Waals surface area (Å²) in [7, 11) is 0. The van der Waals surface area contributed by atoms with Crippen molar-refractivity contribution in [3.63, 3.8) is 0 Å². The summed E-state index contributed by atoms with van der Waals surface area (Å²) in [4.78, 5) is 12.3. The molecule has 4 aliphatic rings. The Morgan fingerprint density at radius 2 is 1.95 bits per heavy atom. The summed E-state index contributed by atoms with van der Waals surface area (Å²) in [5.41, 5.74) is 1.23. The van der Waals surface area contributed by atoms with E-state index in [1.165, 1.54) is 44.9 Å². The first-order chi connectivity index (χ1) is 9.76. The molecule has 1 atom stereocenters. The Morgan fingerprint density at radius 1 is 1.15 bits per heavy atom. The van der Waals surface area contributed by atoms with Crippen molar-refractivity contribution in [3.05, 3.63) is 0 Å². The first-order valence-electron chi connectivity index (χ1n) is 8.29. The number of rotatable bonds is 2. The number of nitrogens with zero attached hydrogens (tertiary/aromatic N) is 2. The Bertz CT molecular complexity index is 436. The van der Waals surface area contributed by atoms with Gasteiger partial charge in [-0.25, -0.2) is 5.01 Å². The number of hydrogen-bond donors (Lipinski definition) is 0. The van der Waals surface area contributed by atoms with E-state index in [4.69, 9.17) is 9.84 Å². The van der Waals surface area contributed by atoms with Gasteiger partial charge in [0.1, 0.15) is 0 Å². The predicted molar refractivity (Wildman–Crippen MR) is 76.4 cm³/mol. The molecule has 2 heterocycles. The minimum atomic E-state index is 0.0674. The first kappa shape index (κ1) is 12.8. The largest absolute Gasteiger partial charge is 0.375 e. The third-order valence-electron chi connectivity index (χ3n) is 5.73. The van der Waals surface area contributed by atoms with E-state index in [1.54, 1.807) is 0 Å². The van der Waals surface area contributed by atoms with Crippen molar-refractivity contribution >= 4 is 11.6 Å². The molecular weight excluding hydrogens is 252 g/mol. The monoisotopic (exact) mass is 276 g/mol. The van der Waals surface area contributed by atoms with Crippen LogP contribution in [0.15, 0.2) is 5.10 Å². The van der Waals surface area contributed by atoms with Gasteiger partial charge in [-0.2, -0.15) is 5.10 Å². The van der Waals surface area contributed by atoms with E-state index < -0.39 is 0 Å². The maximum Gasteiger partial charge on any atom is 0.248 e. The van der Waals surface area contributed by atoms with E-state index >= 15 is 0 Å². The fraction of sp³-hybridized carbons (Fsp3) is 0.875. The third kappa shape index (κ3) is 2.09. The van der Waals surface area contributed by atoms with Gasteiger partial charge in [0, 0.05) is 6.61 Å². The molecule has 110 valence electrons. The highest BCUT2D eigenvalue weighted by Crippen LogP contribution is 2.42. The highest BCUT2D eigenvalue weighted by molar-refractivity contribution is 6.06. The van der Waals surface area contributed by atoms with E-state index in [0.717, 1.165) is 25.2 Å². The highest BCUT2D eigenvalue weighted by atomic mass is 16.5. The topological polar surface area (TPSA) is 41.9 Å². The maximum absolute atomic E-state index is 12.3. The highest BCUT2D eigenvalue weighted by Gasteiger charge is 2.44. The van der Waals surface area contributed by atoms with Crippen molar-refractivity contribution < 1.29 is 9.53 Å². The lowest BCUT2D eigenvalue weighted by Gasteiger charge is -2.40. The fourth-order valence-electron chi connectivity index (χ4n) is 4.30. The zero-order valence-corrected chi connectivity index (χ0v) is 12.1. The molecule has 2 saturated carbocycles. The lowest BCUT2D eigenvalue weighted by Crippen LogP contribution is -2.46. The van der Waals surface area contributed by atoms with Crippen molar-refractivity contribution in [2.24, 2.45) is 11.0 Å². The molecule has 4 nitrogen and oxygen atoms in total. The van der Waals surface area contributed by atoms with Gasteiger partial charge in [-0.1, -0.05) is 19.3 Å². The van der Waals surface area contributed by atoms with Crippen molar-refractivity contribution in [2.75, 3.05) is 6.61 Å². The summed E-state index contributed by atoms with van der Waals surface area (Å²) in [5.74, 6) is 0.830. The second-order valence-corrected chi connectivity index (χ2v) is 7.02. The average Bonchev–Trinajstić information content (AvgIpc) is 2.95. The van der Waals surface area contributed by atoms with Crippen molar-refractivity contribution in [1.29, 1.82) is 0 Å². The van der Waals surface area contributed by atoms with Gasteiger partial charge in [0.05, 0.1) is 23.8 Å². The van der Waals surface area contributed by atoms with Crippen LogP contribution >= 0.6 is 0 Å². The molecule has 2 aliphatic heterocycles. The summed E-state index contributed by atoms with van der Waals surface area (Å²) >= 11 is 0. The first-order valence-corrected chi connectivity index (χ1v) is 8.29. The van der Waals surface area contributed by atoms with Crippen LogP contribution in [0.3, 0.4) is 0 Å². The molecule has 0 N–H and O–H groups in total. The second kappa shape index (κ2) is 4.83. The molecule has 2 aliphatic carbocycles. The standard InChI is InChI=1S/C16H24N2O2/c19-15-10-14(12-4-3-5-12)17-18(15)13-6-9-20-16(11-13)7-1-2-8-16/h12-13H,1-11H2.